The van der Waals surface area contributed by atoms with Crippen molar-refractivity contribution in [3.05, 3.63) is 24.3 Å². The highest BCUT2D eigenvalue weighted by Crippen LogP contribution is 2.21. The highest BCUT2D eigenvalue weighted by molar-refractivity contribution is 7.89. The number of hydrogen-bond acceptors (Lipinski definition) is 4. The maximum absolute atomic E-state index is 12.0. The van der Waals surface area contributed by atoms with Crippen molar-refractivity contribution in [2.45, 2.75) is 31.2 Å². The third-order valence-corrected chi connectivity index (χ3v) is 4.74. The molecule has 0 spiro atoms. The van der Waals surface area contributed by atoms with Gasteiger partial charge in [-0.3, -0.25) is 4.79 Å². The summed E-state index contributed by atoms with van der Waals surface area (Å²) in [6.07, 6.45) is 0.769. The second-order valence-corrected chi connectivity index (χ2v) is 6.46. The molecule has 0 saturated carbocycles. The van der Waals surface area contributed by atoms with Crippen molar-refractivity contribution in [1.82, 2.24) is 4.72 Å². The number of para-hydroxylation sites is 1. The Bertz CT molecular complexity index is 572. The summed E-state index contributed by atoms with van der Waals surface area (Å²) in [5.74, 6) is -0.374. The van der Waals surface area contributed by atoms with Gasteiger partial charge in [0.15, 0.2) is 0 Å². The largest absolute Gasteiger partial charge is 0.324 e. The number of rotatable bonds is 6. The Hall–Kier alpha value is -1.44. The molecule has 0 fully saturated rings. The van der Waals surface area contributed by atoms with Crippen LogP contribution >= 0.6 is 0 Å². The fraction of sp³-hybridized carbons (Fsp3) is 0.462. The summed E-state index contributed by atoms with van der Waals surface area (Å²) < 4.78 is 26.0. The zero-order valence-electron chi connectivity index (χ0n) is 11.9. The van der Waals surface area contributed by atoms with Gasteiger partial charge in [-0.2, -0.15) is 0 Å². The molecule has 112 valence electrons. The molecule has 4 N–H and O–H groups in total. The molecule has 1 amide bonds. The van der Waals surface area contributed by atoms with E-state index < -0.39 is 22.0 Å². The lowest BCUT2D eigenvalue weighted by Crippen LogP contribution is -2.41. The van der Waals surface area contributed by atoms with E-state index in [-0.39, 0.29) is 16.5 Å². The lowest BCUT2D eigenvalue weighted by molar-refractivity contribution is -0.118. The maximum atomic E-state index is 12.0. The number of carbonyl (C=O) groups is 1. The molecule has 0 aliphatic rings. The van der Waals surface area contributed by atoms with E-state index in [0.29, 0.717) is 0 Å². The zero-order chi connectivity index (χ0) is 15.3. The lowest BCUT2D eigenvalue weighted by atomic mass is 9.99. The molecule has 6 nitrogen and oxygen atoms in total. The van der Waals surface area contributed by atoms with E-state index in [9.17, 15) is 13.2 Å². The van der Waals surface area contributed by atoms with E-state index in [1.165, 1.54) is 19.2 Å². The molecule has 0 radical (unpaired) electrons. The fourth-order valence-electron chi connectivity index (χ4n) is 1.64. The smallest absolute Gasteiger partial charge is 0.242 e. The van der Waals surface area contributed by atoms with E-state index in [1.807, 2.05) is 13.8 Å². The van der Waals surface area contributed by atoms with Crippen molar-refractivity contribution in [1.29, 1.82) is 0 Å². The van der Waals surface area contributed by atoms with Gasteiger partial charge in [-0.05, 0) is 25.1 Å². The number of nitrogens with two attached hydrogens (primary N) is 1. The summed E-state index contributed by atoms with van der Waals surface area (Å²) in [6.45, 7) is 3.82. The van der Waals surface area contributed by atoms with E-state index in [4.69, 9.17) is 5.73 Å². The first kappa shape index (κ1) is 16.6. The minimum absolute atomic E-state index is 0.0167. The Balaban J connectivity index is 3.03. The monoisotopic (exact) mass is 299 g/mol. The minimum atomic E-state index is -3.63. The van der Waals surface area contributed by atoms with Crippen LogP contribution in [0.5, 0.6) is 0 Å². The summed E-state index contributed by atoms with van der Waals surface area (Å²) in [6, 6.07) is 5.53. The summed E-state index contributed by atoms with van der Waals surface area (Å²) in [5, 5.41) is 2.58. The number of nitrogens with one attached hydrogen (secondary N) is 2. The van der Waals surface area contributed by atoms with Crippen LogP contribution in [-0.2, 0) is 14.8 Å². The normalized spacial score (nSPS) is 14.6. The summed E-state index contributed by atoms with van der Waals surface area (Å²) in [4.78, 5) is 12.0. The summed E-state index contributed by atoms with van der Waals surface area (Å²) >= 11 is 0. The van der Waals surface area contributed by atoms with Gasteiger partial charge in [0.2, 0.25) is 15.9 Å². The van der Waals surface area contributed by atoms with Crippen LogP contribution in [0.4, 0.5) is 5.69 Å². The summed E-state index contributed by atoms with van der Waals surface area (Å²) in [5.41, 5.74) is 6.06. The van der Waals surface area contributed by atoms with Crippen LogP contribution in [0.3, 0.4) is 0 Å². The Morgan fingerprint density at radius 3 is 2.50 bits per heavy atom. The first-order valence-electron chi connectivity index (χ1n) is 6.42. The van der Waals surface area contributed by atoms with Gasteiger partial charge >= 0.3 is 0 Å². The van der Waals surface area contributed by atoms with E-state index in [1.54, 1.807) is 12.1 Å². The second-order valence-electron chi connectivity index (χ2n) is 4.60. The number of amides is 1. The zero-order valence-corrected chi connectivity index (χ0v) is 12.7. The molecule has 0 aromatic heterocycles. The lowest BCUT2D eigenvalue weighted by Gasteiger charge is -2.18. The van der Waals surface area contributed by atoms with Crippen LogP contribution in [0.1, 0.15) is 20.3 Å². The summed E-state index contributed by atoms with van der Waals surface area (Å²) in [7, 11) is -2.31. The Morgan fingerprint density at radius 1 is 1.35 bits per heavy atom. The number of carbonyl (C=O) groups excluding carboxylic acids is 1. The van der Waals surface area contributed by atoms with Crippen LogP contribution in [-0.4, -0.2) is 27.4 Å². The predicted molar refractivity (Wildman–Crippen MR) is 78.7 cm³/mol. The molecular weight excluding hydrogens is 278 g/mol. The van der Waals surface area contributed by atoms with Crippen molar-refractivity contribution in [3.63, 3.8) is 0 Å². The molecular formula is C13H21N3O3S. The molecule has 0 unspecified atom stereocenters. The Labute approximate surface area is 119 Å². The third-order valence-electron chi connectivity index (χ3n) is 3.26. The van der Waals surface area contributed by atoms with Gasteiger partial charge in [-0.15, -0.1) is 0 Å². The van der Waals surface area contributed by atoms with Crippen molar-refractivity contribution < 1.29 is 13.2 Å². The highest BCUT2D eigenvalue weighted by Gasteiger charge is 2.22. The van der Waals surface area contributed by atoms with Crippen molar-refractivity contribution in [2.75, 3.05) is 12.4 Å². The van der Waals surface area contributed by atoms with Gasteiger partial charge in [0, 0.05) is 0 Å². The molecule has 0 aliphatic carbocycles. The molecule has 1 rings (SSSR count). The van der Waals surface area contributed by atoms with Crippen LogP contribution in [0.2, 0.25) is 0 Å². The number of benzene rings is 1. The molecule has 1 aromatic rings. The molecule has 0 bridgehead atoms. The first-order chi connectivity index (χ1) is 9.33. The molecule has 7 heteroatoms. The van der Waals surface area contributed by atoms with E-state index in [0.717, 1.165) is 6.42 Å². The van der Waals surface area contributed by atoms with Crippen LogP contribution in [0.15, 0.2) is 29.2 Å². The number of anilines is 1. The molecule has 0 heterocycles. The standard InChI is InChI=1S/C13H21N3O3S/c1-4-9(2)12(14)13(17)16-10-7-5-6-8-11(10)20(18,19)15-3/h5-9,12,15H,4,14H2,1-3H3,(H,16,17)/t9-,12-/m0/s1. The van der Waals surface area contributed by atoms with Gasteiger partial charge in [0.25, 0.3) is 0 Å². The third kappa shape index (κ3) is 3.78. The van der Waals surface area contributed by atoms with Gasteiger partial charge in [-0.25, -0.2) is 13.1 Å². The Kier molecular flexibility index (Phi) is 5.67. The van der Waals surface area contributed by atoms with Gasteiger partial charge in [0.1, 0.15) is 4.90 Å². The molecule has 0 saturated heterocycles. The van der Waals surface area contributed by atoms with Gasteiger partial charge in [0.05, 0.1) is 11.7 Å². The van der Waals surface area contributed by atoms with Crippen molar-refractivity contribution in [3.8, 4) is 0 Å². The quantitative estimate of drug-likeness (QED) is 0.726. The molecule has 20 heavy (non-hydrogen) atoms. The van der Waals surface area contributed by atoms with Gasteiger partial charge in [-0.1, -0.05) is 32.4 Å². The van der Waals surface area contributed by atoms with Gasteiger partial charge < -0.3 is 11.1 Å². The second kappa shape index (κ2) is 6.83. The SMILES string of the molecule is CC[C@H](C)[C@H](N)C(=O)Nc1ccccc1S(=O)(=O)NC. The minimum Gasteiger partial charge on any atom is -0.324 e. The molecule has 2 atom stereocenters. The maximum Gasteiger partial charge on any atom is 0.242 e. The topological polar surface area (TPSA) is 101 Å². The van der Waals surface area contributed by atoms with Crippen LogP contribution in [0.25, 0.3) is 0 Å². The van der Waals surface area contributed by atoms with Crippen LogP contribution < -0.4 is 15.8 Å². The number of sulfonamides is 1. The average molecular weight is 299 g/mol. The number of hydrogen-bond donors (Lipinski definition) is 3. The first-order valence-corrected chi connectivity index (χ1v) is 7.90. The molecule has 1 aromatic carbocycles. The van der Waals surface area contributed by atoms with Crippen molar-refractivity contribution >= 4 is 21.6 Å². The van der Waals surface area contributed by atoms with E-state index >= 15 is 0 Å². The fourth-order valence-corrected chi connectivity index (χ4v) is 2.53. The van der Waals surface area contributed by atoms with E-state index in [2.05, 4.69) is 10.0 Å². The van der Waals surface area contributed by atoms with Crippen LogP contribution in [0, 0.1) is 5.92 Å². The molecule has 0 aliphatic heterocycles. The average Bonchev–Trinajstić information content (AvgIpc) is 2.45. The Morgan fingerprint density at radius 2 is 1.95 bits per heavy atom. The predicted octanol–water partition coefficient (Wildman–Crippen LogP) is 0.907. The highest BCUT2D eigenvalue weighted by atomic mass is 32.2. The van der Waals surface area contributed by atoms with Crippen molar-refractivity contribution in [2.24, 2.45) is 11.7 Å².